The van der Waals surface area contributed by atoms with Crippen molar-refractivity contribution in [3.8, 4) is 17.6 Å². The molecule has 1 aromatic heterocycles. The van der Waals surface area contributed by atoms with Gasteiger partial charge in [0, 0.05) is 30.6 Å². The summed E-state index contributed by atoms with van der Waals surface area (Å²) in [4.78, 5) is 17.8. The molecule has 0 aliphatic carbocycles. The molecule has 0 radical (unpaired) electrons. The lowest BCUT2D eigenvalue weighted by molar-refractivity contribution is -0.139. The van der Waals surface area contributed by atoms with Gasteiger partial charge in [-0.25, -0.2) is 17.6 Å². The largest absolute Gasteiger partial charge is 0.497 e. The van der Waals surface area contributed by atoms with Gasteiger partial charge in [-0.2, -0.15) is 0 Å². The normalized spacial score (nSPS) is 18.6. The summed E-state index contributed by atoms with van der Waals surface area (Å²) in [5.41, 5.74) is 0.831. The second kappa shape index (κ2) is 12.3. The number of likely N-dealkylation sites (tertiary alicyclic amines) is 1. The van der Waals surface area contributed by atoms with Crippen LogP contribution in [0.25, 0.3) is 10.9 Å². The number of carboxylic acid groups (broad SMARTS) is 1. The summed E-state index contributed by atoms with van der Waals surface area (Å²) in [5, 5.41) is 10.1. The van der Waals surface area contributed by atoms with E-state index in [1.165, 1.54) is 0 Å². The van der Waals surface area contributed by atoms with E-state index < -0.39 is 29.6 Å². The molecule has 3 atom stereocenters. The molecule has 1 saturated heterocycles. The highest BCUT2D eigenvalue weighted by molar-refractivity contribution is 5.83. The number of aliphatic carboxylic acids is 1. The average molecular weight is 529 g/mol. The third-order valence-corrected chi connectivity index (χ3v) is 7.04. The van der Waals surface area contributed by atoms with Crippen molar-refractivity contribution in [2.75, 3.05) is 26.7 Å². The van der Waals surface area contributed by atoms with E-state index in [0.29, 0.717) is 54.2 Å². The summed E-state index contributed by atoms with van der Waals surface area (Å²) in [6.07, 6.45) is 1.67. The number of rotatable bonds is 8. The minimum absolute atomic E-state index is 0.00552. The van der Waals surface area contributed by atoms with Crippen molar-refractivity contribution in [3.05, 3.63) is 71.2 Å². The van der Waals surface area contributed by atoms with Gasteiger partial charge in [0.15, 0.2) is 11.6 Å². The topological polar surface area (TPSA) is 62.7 Å². The van der Waals surface area contributed by atoms with Crippen LogP contribution < -0.4 is 4.74 Å². The third kappa shape index (κ3) is 6.62. The molecule has 0 amide bonds. The fraction of sp³-hybridized carbons (Fsp3) is 0.379. The van der Waals surface area contributed by atoms with Crippen molar-refractivity contribution in [2.45, 2.75) is 31.9 Å². The van der Waals surface area contributed by atoms with Crippen LogP contribution in [0, 0.1) is 41.1 Å². The van der Waals surface area contributed by atoms with E-state index in [4.69, 9.17) is 4.74 Å². The first-order valence-corrected chi connectivity index (χ1v) is 12.4. The van der Waals surface area contributed by atoms with Crippen LogP contribution in [0.3, 0.4) is 0 Å². The first-order chi connectivity index (χ1) is 18.2. The zero-order valence-corrected chi connectivity index (χ0v) is 20.9. The van der Waals surface area contributed by atoms with Crippen LogP contribution in [0.4, 0.5) is 17.6 Å². The number of halogens is 4. The number of ether oxygens (including phenoxy) is 1. The summed E-state index contributed by atoms with van der Waals surface area (Å²) in [6, 6.07) is 8.27. The molecule has 200 valence electrons. The number of alkyl halides is 1. The molecule has 1 N–H and O–H groups in total. The molecule has 3 aromatic rings. The maximum Gasteiger partial charge on any atom is 0.303 e. The predicted molar refractivity (Wildman–Crippen MR) is 135 cm³/mol. The number of pyridine rings is 1. The Bertz CT molecular complexity index is 1370. The SMILES string of the molecule is COc1ccc2nccc(C(F)CC[C@@H]3CCN(CC#Cc4cc(F)cc(F)c4F)C[C@@H]3CC(=O)O)c2c1. The Labute approximate surface area is 218 Å². The quantitative estimate of drug-likeness (QED) is 0.224. The molecule has 1 fully saturated rings. The highest BCUT2D eigenvalue weighted by Crippen LogP contribution is 2.36. The van der Waals surface area contributed by atoms with Crippen molar-refractivity contribution in [1.82, 2.24) is 9.88 Å². The molecule has 2 heterocycles. The highest BCUT2D eigenvalue weighted by Gasteiger charge is 2.31. The lowest BCUT2D eigenvalue weighted by Gasteiger charge is -2.37. The molecule has 0 spiro atoms. The molecule has 2 aromatic carbocycles. The average Bonchev–Trinajstić information content (AvgIpc) is 2.89. The minimum Gasteiger partial charge on any atom is -0.497 e. The molecule has 38 heavy (non-hydrogen) atoms. The standard InChI is InChI=1S/C29H28F4N2O3/c1-38-22-5-7-27-24(16-22)23(8-10-34-27)25(31)6-4-18-9-12-35(17-20(18)14-28(36)37)11-2-3-19-13-21(30)15-26(32)29(19)33/h5,7-8,10,13,15-16,18,20,25H,4,6,9,11-12,14,17H2,1H3,(H,36,37)/t18-,20+,25?/m1/s1. The maximum atomic E-state index is 15.4. The fourth-order valence-electron chi connectivity index (χ4n) is 5.09. The fourth-order valence-corrected chi connectivity index (χ4v) is 5.09. The number of benzene rings is 2. The van der Waals surface area contributed by atoms with Crippen LogP contribution in [0.15, 0.2) is 42.6 Å². The predicted octanol–water partition coefficient (Wildman–Crippen LogP) is 5.92. The summed E-state index contributed by atoms with van der Waals surface area (Å²) >= 11 is 0. The van der Waals surface area contributed by atoms with Gasteiger partial charge in [0.05, 0.1) is 24.7 Å². The van der Waals surface area contributed by atoms with Crippen molar-refractivity contribution in [1.29, 1.82) is 0 Å². The number of carbonyl (C=O) groups is 1. The molecular formula is C29H28F4N2O3. The smallest absolute Gasteiger partial charge is 0.303 e. The monoisotopic (exact) mass is 528 g/mol. The number of aromatic nitrogens is 1. The summed E-state index contributed by atoms with van der Waals surface area (Å²) in [7, 11) is 1.55. The zero-order valence-electron chi connectivity index (χ0n) is 20.9. The van der Waals surface area contributed by atoms with E-state index >= 15 is 4.39 Å². The second-order valence-electron chi connectivity index (χ2n) is 9.52. The van der Waals surface area contributed by atoms with Crippen LogP contribution in [0.5, 0.6) is 5.75 Å². The van der Waals surface area contributed by atoms with Crippen molar-refractivity contribution in [3.63, 3.8) is 0 Å². The van der Waals surface area contributed by atoms with Crippen molar-refractivity contribution >= 4 is 16.9 Å². The zero-order chi connectivity index (χ0) is 27.2. The van der Waals surface area contributed by atoms with Gasteiger partial charge in [-0.1, -0.05) is 11.8 Å². The van der Waals surface area contributed by atoms with Crippen LogP contribution in [0.2, 0.25) is 0 Å². The Balaban J connectivity index is 1.40. The van der Waals surface area contributed by atoms with Gasteiger partial charge >= 0.3 is 5.97 Å². The van der Waals surface area contributed by atoms with E-state index in [1.807, 2.05) is 4.90 Å². The van der Waals surface area contributed by atoms with E-state index in [0.717, 1.165) is 6.07 Å². The van der Waals surface area contributed by atoms with Crippen LogP contribution in [0.1, 0.15) is 43.0 Å². The lowest BCUT2D eigenvalue weighted by atomic mass is 9.79. The number of nitrogens with zero attached hydrogens (tertiary/aromatic N) is 2. The number of methoxy groups -OCH3 is 1. The van der Waals surface area contributed by atoms with Gasteiger partial charge in [0.1, 0.15) is 17.7 Å². The van der Waals surface area contributed by atoms with Crippen molar-refractivity contribution in [2.24, 2.45) is 11.8 Å². The molecule has 0 bridgehead atoms. The molecule has 5 nitrogen and oxygen atoms in total. The Morgan fingerprint density at radius 1 is 1.21 bits per heavy atom. The van der Waals surface area contributed by atoms with Crippen LogP contribution >= 0.6 is 0 Å². The van der Waals surface area contributed by atoms with E-state index in [-0.39, 0.29) is 36.8 Å². The molecular weight excluding hydrogens is 500 g/mol. The van der Waals surface area contributed by atoms with Crippen LogP contribution in [-0.4, -0.2) is 47.7 Å². The minimum atomic E-state index is -1.30. The number of carboxylic acids is 1. The van der Waals surface area contributed by atoms with Gasteiger partial charge in [-0.05, 0) is 73.5 Å². The lowest BCUT2D eigenvalue weighted by Crippen LogP contribution is -2.41. The molecule has 9 heteroatoms. The van der Waals surface area contributed by atoms with E-state index in [1.54, 1.807) is 37.6 Å². The van der Waals surface area contributed by atoms with Gasteiger partial charge in [-0.15, -0.1) is 0 Å². The summed E-state index contributed by atoms with van der Waals surface area (Å²) in [5.74, 6) is 1.24. The van der Waals surface area contributed by atoms with Crippen LogP contribution in [-0.2, 0) is 4.79 Å². The Kier molecular flexibility index (Phi) is 8.85. The first kappa shape index (κ1) is 27.4. The molecule has 1 unspecified atom stereocenters. The maximum absolute atomic E-state index is 15.4. The highest BCUT2D eigenvalue weighted by atomic mass is 19.2. The van der Waals surface area contributed by atoms with Gasteiger partial charge in [-0.3, -0.25) is 14.7 Å². The van der Waals surface area contributed by atoms with E-state index in [2.05, 4.69) is 16.8 Å². The number of fused-ring (bicyclic) bond motifs is 1. The molecule has 1 aliphatic rings. The summed E-state index contributed by atoms with van der Waals surface area (Å²) < 4.78 is 61.3. The Morgan fingerprint density at radius 2 is 2.03 bits per heavy atom. The number of hydrogen-bond donors (Lipinski definition) is 1. The summed E-state index contributed by atoms with van der Waals surface area (Å²) in [6.45, 7) is 1.22. The molecule has 1 aliphatic heterocycles. The number of piperidine rings is 1. The van der Waals surface area contributed by atoms with E-state index in [9.17, 15) is 23.1 Å². The Morgan fingerprint density at radius 3 is 2.79 bits per heavy atom. The third-order valence-electron chi connectivity index (χ3n) is 7.04. The van der Waals surface area contributed by atoms with Gasteiger partial charge in [0.2, 0.25) is 0 Å². The molecule has 0 saturated carbocycles. The van der Waals surface area contributed by atoms with Crippen molar-refractivity contribution < 1.29 is 32.2 Å². The van der Waals surface area contributed by atoms with Gasteiger partial charge < -0.3 is 9.84 Å². The van der Waals surface area contributed by atoms with Gasteiger partial charge in [0.25, 0.3) is 0 Å². The Hall–Kier alpha value is -3.64. The number of hydrogen-bond acceptors (Lipinski definition) is 4. The molecule has 4 rings (SSSR count). The second-order valence-corrected chi connectivity index (χ2v) is 9.52. The first-order valence-electron chi connectivity index (χ1n) is 12.4.